The molecular formula is C18H11ClFN3O2. The van der Waals surface area contributed by atoms with Gasteiger partial charge in [0, 0.05) is 16.1 Å². The lowest BCUT2D eigenvalue weighted by Gasteiger charge is -2.12. The van der Waals surface area contributed by atoms with Crippen LogP contribution in [0.3, 0.4) is 0 Å². The molecule has 0 radical (unpaired) electrons. The fraction of sp³-hybridized carbons (Fsp3) is 0.0556. The molecule has 0 spiro atoms. The number of carbonyl (C=O) groups is 1. The highest BCUT2D eigenvalue weighted by atomic mass is 35.5. The minimum absolute atomic E-state index is 0.0690. The van der Waals surface area contributed by atoms with E-state index in [9.17, 15) is 14.3 Å². The molecule has 0 atom stereocenters. The number of carboxylic acids is 1. The second-order valence-corrected chi connectivity index (χ2v) is 5.98. The highest BCUT2D eigenvalue weighted by Gasteiger charge is 2.23. The van der Waals surface area contributed by atoms with Gasteiger partial charge in [0.25, 0.3) is 0 Å². The van der Waals surface area contributed by atoms with Gasteiger partial charge in [-0.15, -0.1) is 0 Å². The molecule has 2 aromatic carbocycles. The van der Waals surface area contributed by atoms with E-state index in [0.29, 0.717) is 33.2 Å². The standard InChI is InChI=1S/C18H11ClFN3O2/c19-10-5-6-16-13(7-10)17(12-3-1-2-4-14(12)20)21-9-11-8-15(18(24)25)22-23(11)16/h1-8H,9H2,(H,24,25). The molecule has 4 rings (SSSR count). The summed E-state index contributed by atoms with van der Waals surface area (Å²) in [6.45, 7) is 0.177. The number of fused-ring (bicyclic) bond motifs is 3. The molecule has 124 valence electrons. The largest absolute Gasteiger partial charge is 0.476 e. The molecular weight excluding hydrogens is 345 g/mol. The summed E-state index contributed by atoms with van der Waals surface area (Å²) in [7, 11) is 0. The van der Waals surface area contributed by atoms with Gasteiger partial charge in [-0.2, -0.15) is 5.10 Å². The zero-order chi connectivity index (χ0) is 17.6. The molecule has 0 saturated carbocycles. The van der Waals surface area contributed by atoms with Gasteiger partial charge in [0.05, 0.1) is 23.6 Å². The highest BCUT2D eigenvalue weighted by Crippen LogP contribution is 2.28. The minimum Gasteiger partial charge on any atom is -0.476 e. The van der Waals surface area contributed by atoms with Crippen molar-refractivity contribution in [1.82, 2.24) is 9.78 Å². The van der Waals surface area contributed by atoms with E-state index in [1.807, 2.05) is 0 Å². The van der Waals surface area contributed by atoms with Crippen LogP contribution >= 0.6 is 11.6 Å². The summed E-state index contributed by atoms with van der Waals surface area (Å²) in [6, 6.07) is 12.9. The average Bonchev–Trinajstić information content (AvgIpc) is 2.95. The number of aromatic nitrogens is 2. The summed E-state index contributed by atoms with van der Waals surface area (Å²) in [4.78, 5) is 15.7. The van der Waals surface area contributed by atoms with Crippen LogP contribution in [-0.4, -0.2) is 26.6 Å². The Kier molecular flexibility index (Phi) is 3.62. The van der Waals surface area contributed by atoms with Crippen molar-refractivity contribution in [3.05, 3.63) is 81.9 Å². The van der Waals surface area contributed by atoms with E-state index in [0.717, 1.165) is 0 Å². The third-order valence-corrected chi connectivity index (χ3v) is 4.21. The van der Waals surface area contributed by atoms with Crippen LogP contribution in [0, 0.1) is 5.82 Å². The molecule has 0 saturated heterocycles. The van der Waals surface area contributed by atoms with Crippen molar-refractivity contribution in [3.63, 3.8) is 0 Å². The maximum Gasteiger partial charge on any atom is 0.356 e. The van der Waals surface area contributed by atoms with Gasteiger partial charge >= 0.3 is 5.97 Å². The molecule has 25 heavy (non-hydrogen) atoms. The zero-order valence-corrected chi connectivity index (χ0v) is 13.5. The molecule has 7 heteroatoms. The van der Waals surface area contributed by atoms with Crippen molar-refractivity contribution in [2.45, 2.75) is 6.54 Å². The van der Waals surface area contributed by atoms with Gasteiger partial charge in [-0.05, 0) is 36.4 Å². The molecule has 0 amide bonds. The quantitative estimate of drug-likeness (QED) is 0.762. The molecule has 5 nitrogen and oxygen atoms in total. The van der Waals surface area contributed by atoms with E-state index in [2.05, 4.69) is 10.1 Å². The normalized spacial score (nSPS) is 12.8. The van der Waals surface area contributed by atoms with Gasteiger partial charge in [-0.1, -0.05) is 23.7 Å². The number of aliphatic imine (C=N–C) groups is 1. The Morgan fingerprint density at radius 2 is 1.96 bits per heavy atom. The molecule has 0 unspecified atom stereocenters. The van der Waals surface area contributed by atoms with Crippen molar-refractivity contribution >= 4 is 23.3 Å². The van der Waals surface area contributed by atoms with E-state index in [-0.39, 0.29) is 12.2 Å². The van der Waals surface area contributed by atoms with Crippen molar-refractivity contribution < 1.29 is 14.3 Å². The van der Waals surface area contributed by atoms with Gasteiger partial charge in [0.2, 0.25) is 0 Å². The molecule has 0 aliphatic carbocycles. The number of rotatable bonds is 2. The highest BCUT2D eigenvalue weighted by molar-refractivity contribution is 6.31. The Morgan fingerprint density at radius 1 is 1.16 bits per heavy atom. The number of hydrogen-bond acceptors (Lipinski definition) is 3. The van der Waals surface area contributed by atoms with Crippen LogP contribution in [0.1, 0.15) is 27.3 Å². The maximum absolute atomic E-state index is 14.3. The minimum atomic E-state index is -1.12. The average molecular weight is 356 g/mol. The smallest absolute Gasteiger partial charge is 0.356 e. The van der Waals surface area contributed by atoms with Crippen molar-refractivity contribution in [2.75, 3.05) is 0 Å². The molecule has 2 heterocycles. The molecule has 1 aliphatic heterocycles. The maximum atomic E-state index is 14.3. The van der Waals surface area contributed by atoms with Gasteiger partial charge in [0.15, 0.2) is 5.69 Å². The van der Waals surface area contributed by atoms with Gasteiger partial charge in [0.1, 0.15) is 5.82 Å². The summed E-state index contributed by atoms with van der Waals surface area (Å²) in [5, 5.41) is 13.8. The van der Waals surface area contributed by atoms with Crippen molar-refractivity contribution in [3.8, 4) is 5.69 Å². The van der Waals surface area contributed by atoms with Gasteiger partial charge in [-0.3, -0.25) is 4.99 Å². The number of benzene rings is 2. The predicted molar refractivity (Wildman–Crippen MR) is 91.3 cm³/mol. The first-order valence-corrected chi connectivity index (χ1v) is 7.84. The van der Waals surface area contributed by atoms with E-state index < -0.39 is 11.8 Å². The first-order valence-electron chi connectivity index (χ1n) is 7.46. The van der Waals surface area contributed by atoms with Crippen molar-refractivity contribution in [1.29, 1.82) is 0 Å². The Balaban J connectivity index is 1.98. The van der Waals surface area contributed by atoms with Crippen LogP contribution in [-0.2, 0) is 6.54 Å². The summed E-state index contributed by atoms with van der Waals surface area (Å²) < 4.78 is 15.8. The lowest BCUT2D eigenvalue weighted by Crippen LogP contribution is -2.10. The number of halogens is 2. The third kappa shape index (κ3) is 2.60. The van der Waals surface area contributed by atoms with Crippen LogP contribution in [0.25, 0.3) is 5.69 Å². The lowest BCUT2D eigenvalue weighted by molar-refractivity contribution is 0.0690. The van der Waals surface area contributed by atoms with Crippen LogP contribution < -0.4 is 0 Å². The SMILES string of the molecule is O=C(O)c1cc2n(n1)-c1ccc(Cl)cc1C(c1ccccc1F)=NC2. The Hall–Kier alpha value is -2.99. The fourth-order valence-corrected chi connectivity index (χ4v) is 3.03. The van der Waals surface area contributed by atoms with Gasteiger partial charge in [-0.25, -0.2) is 13.9 Å². The first kappa shape index (κ1) is 15.5. The second kappa shape index (κ2) is 5.82. The summed E-state index contributed by atoms with van der Waals surface area (Å²) in [5.41, 5.74) is 2.55. The van der Waals surface area contributed by atoms with Crippen molar-refractivity contribution in [2.24, 2.45) is 4.99 Å². The molecule has 0 bridgehead atoms. The van der Waals surface area contributed by atoms with Crippen LogP contribution in [0.15, 0.2) is 53.5 Å². The summed E-state index contributed by atoms with van der Waals surface area (Å²) in [5.74, 6) is -1.51. The summed E-state index contributed by atoms with van der Waals surface area (Å²) in [6.07, 6.45) is 0. The fourth-order valence-electron chi connectivity index (χ4n) is 2.86. The molecule has 1 aliphatic rings. The number of carboxylic acid groups (broad SMARTS) is 1. The number of aromatic carboxylic acids is 1. The van der Waals surface area contributed by atoms with E-state index in [1.54, 1.807) is 36.4 Å². The molecule has 1 N–H and O–H groups in total. The molecule has 0 fully saturated rings. The summed E-state index contributed by atoms with van der Waals surface area (Å²) >= 11 is 6.13. The second-order valence-electron chi connectivity index (χ2n) is 5.54. The Labute approximate surface area is 147 Å². The third-order valence-electron chi connectivity index (χ3n) is 3.97. The monoisotopic (exact) mass is 355 g/mol. The Morgan fingerprint density at radius 3 is 2.72 bits per heavy atom. The number of nitrogens with zero attached hydrogens (tertiary/aromatic N) is 3. The number of hydrogen-bond donors (Lipinski definition) is 1. The van der Waals surface area contributed by atoms with Crippen LogP contribution in [0.4, 0.5) is 4.39 Å². The molecule has 3 aromatic rings. The zero-order valence-electron chi connectivity index (χ0n) is 12.8. The molecule has 1 aromatic heterocycles. The topological polar surface area (TPSA) is 67.5 Å². The predicted octanol–water partition coefficient (Wildman–Crippen LogP) is 3.71. The van der Waals surface area contributed by atoms with E-state index in [1.165, 1.54) is 16.8 Å². The van der Waals surface area contributed by atoms with E-state index in [4.69, 9.17) is 11.6 Å². The Bertz CT molecular complexity index is 1040. The van der Waals surface area contributed by atoms with Crippen LogP contribution in [0.2, 0.25) is 5.02 Å². The van der Waals surface area contributed by atoms with Gasteiger partial charge < -0.3 is 5.11 Å². The van der Waals surface area contributed by atoms with E-state index >= 15 is 0 Å². The van der Waals surface area contributed by atoms with Crippen LogP contribution in [0.5, 0.6) is 0 Å². The lowest BCUT2D eigenvalue weighted by atomic mass is 10.00. The first-order chi connectivity index (χ1) is 12.0.